The van der Waals surface area contributed by atoms with E-state index in [2.05, 4.69) is 56.8 Å². The Morgan fingerprint density at radius 1 is 0.833 bits per heavy atom. The Hall–Kier alpha value is -2.49. The maximum absolute atomic E-state index is 5.74. The van der Waals surface area contributed by atoms with Crippen LogP contribution in [0, 0.1) is 0 Å². The van der Waals surface area contributed by atoms with Gasteiger partial charge in [-0.3, -0.25) is 0 Å². The minimum atomic E-state index is -0.00102. The average molecular weight is 511 g/mol. The van der Waals surface area contributed by atoms with Gasteiger partial charge < -0.3 is 29.9 Å². The van der Waals surface area contributed by atoms with E-state index in [-0.39, 0.29) is 5.41 Å². The first-order valence-corrected chi connectivity index (χ1v) is 13.8. The molecule has 0 unspecified atom stereocenters. The number of hydrogen-bond donors (Lipinski definition) is 2. The van der Waals surface area contributed by atoms with E-state index in [0.29, 0.717) is 11.1 Å². The van der Waals surface area contributed by atoms with E-state index >= 15 is 0 Å². The lowest BCUT2D eigenvalue weighted by molar-refractivity contribution is 0.0515. The highest BCUT2D eigenvalue weighted by molar-refractivity contribution is 7.80. The van der Waals surface area contributed by atoms with E-state index in [0.717, 1.165) is 83.6 Å². The van der Waals surface area contributed by atoms with Crippen LogP contribution in [0.1, 0.15) is 44.1 Å². The lowest BCUT2D eigenvalue weighted by atomic mass is 9.74. The van der Waals surface area contributed by atoms with Crippen molar-refractivity contribution in [2.45, 2.75) is 43.9 Å². The Labute approximate surface area is 219 Å². The Morgan fingerprint density at radius 3 is 2.11 bits per heavy atom. The Morgan fingerprint density at radius 2 is 1.44 bits per heavy atom. The number of benzene rings is 1. The zero-order valence-electron chi connectivity index (χ0n) is 21.1. The first-order chi connectivity index (χ1) is 17.7. The molecule has 0 atom stereocenters. The molecule has 8 nitrogen and oxygen atoms in total. The van der Waals surface area contributed by atoms with Gasteiger partial charge in [-0.2, -0.15) is 9.97 Å². The molecule has 3 fully saturated rings. The number of ether oxygens (including phenoxy) is 2. The van der Waals surface area contributed by atoms with Gasteiger partial charge in [-0.1, -0.05) is 43.2 Å². The van der Waals surface area contributed by atoms with Crippen molar-refractivity contribution in [2.75, 3.05) is 74.3 Å². The van der Waals surface area contributed by atoms with Crippen LogP contribution in [0.15, 0.2) is 36.4 Å². The molecule has 0 aliphatic carbocycles. The van der Waals surface area contributed by atoms with Gasteiger partial charge in [0.15, 0.2) is 5.11 Å². The van der Waals surface area contributed by atoms with Crippen LogP contribution in [0.2, 0.25) is 0 Å². The van der Waals surface area contributed by atoms with E-state index in [1.807, 2.05) is 0 Å². The molecule has 2 aromatic rings. The van der Waals surface area contributed by atoms with Crippen molar-refractivity contribution in [3.63, 3.8) is 0 Å². The smallest absolute Gasteiger partial charge is 0.232 e. The molecule has 0 spiro atoms. The van der Waals surface area contributed by atoms with Gasteiger partial charge in [0.25, 0.3) is 0 Å². The predicted octanol–water partition coefficient (Wildman–Crippen LogP) is 3.73. The summed E-state index contributed by atoms with van der Waals surface area (Å²) in [5, 5.41) is 7.35. The van der Waals surface area contributed by atoms with Crippen LogP contribution in [0.3, 0.4) is 0 Å². The second-order valence-corrected chi connectivity index (χ2v) is 10.4. The quantitative estimate of drug-likeness (QED) is 0.566. The molecule has 0 radical (unpaired) electrons. The highest BCUT2D eigenvalue weighted by atomic mass is 32.1. The van der Waals surface area contributed by atoms with Crippen LogP contribution in [0.4, 0.5) is 17.6 Å². The van der Waals surface area contributed by atoms with Gasteiger partial charge in [0, 0.05) is 57.4 Å². The van der Waals surface area contributed by atoms with Gasteiger partial charge in [0.05, 0.1) is 13.2 Å². The first kappa shape index (κ1) is 25.2. The first-order valence-electron chi connectivity index (χ1n) is 13.4. The van der Waals surface area contributed by atoms with Crippen molar-refractivity contribution in [1.29, 1.82) is 0 Å². The van der Waals surface area contributed by atoms with Crippen molar-refractivity contribution in [2.24, 2.45) is 0 Å². The number of anilines is 3. The summed E-state index contributed by atoms with van der Waals surface area (Å²) in [5.74, 6) is 2.46. The molecule has 36 heavy (non-hydrogen) atoms. The van der Waals surface area contributed by atoms with Gasteiger partial charge in [-0.05, 0) is 43.5 Å². The Bertz CT molecular complexity index is 987. The monoisotopic (exact) mass is 510 g/mol. The standard InChI is InChI=1S/C27H38N6O2S/c36-26(28-21-27(10-16-34-17-11-27)22-8-4-3-5-9-22)31-25-29-23(32-12-6-1-2-7-13-32)20-24(30-25)33-14-18-35-19-15-33/h3-5,8-9,20H,1-2,6-7,10-19,21H2,(H2,28,29,30,31,36). The van der Waals surface area contributed by atoms with Gasteiger partial charge in [0.1, 0.15) is 11.6 Å². The molecule has 1 aromatic carbocycles. The van der Waals surface area contributed by atoms with Crippen LogP contribution >= 0.6 is 12.2 Å². The molecule has 1 aromatic heterocycles. The second-order valence-electron chi connectivity index (χ2n) is 9.98. The fourth-order valence-electron chi connectivity index (χ4n) is 5.41. The van der Waals surface area contributed by atoms with Crippen LogP contribution < -0.4 is 20.4 Å². The zero-order chi connectivity index (χ0) is 24.6. The highest BCUT2D eigenvalue weighted by Gasteiger charge is 2.34. The molecule has 0 amide bonds. The van der Waals surface area contributed by atoms with Crippen molar-refractivity contribution < 1.29 is 9.47 Å². The molecule has 3 saturated heterocycles. The summed E-state index contributed by atoms with van der Waals surface area (Å²) in [4.78, 5) is 14.4. The third-order valence-corrected chi connectivity index (χ3v) is 7.86. The summed E-state index contributed by atoms with van der Waals surface area (Å²) < 4.78 is 11.2. The maximum atomic E-state index is 5.74. The number of nitrogens with one attached hydrogen (secondary N) is 2. The topological polar surface area (TPSA) is 74.8 Å². The molecule has 5 rings (SSSR count). The second kappa shape index (κ2) is 12.2. The van der Waals surface area contributed by atoms with E-state index in [1.54, 1.807) is 0 Å². The molecular formula is C27H38N6O2S. The van der Waals surface area contributed by atoms with Gasteiger partial charge in [-0.25, -0.2) is 0 Å². The van der Waals surface area contributed by atoms with Crippen molar-refractivity contribution in [1.82, 2.24) is 15.3 Å². The lowest BCUT2D eigenvalue weighted by Gasteiger charge is -2.38. The fourth-order valence-corrected chi connectivity index (χ4v) is 5.57. The van der Waals surface area contributed by atoms with Crippen LogP contribution in [-0.2, 0) is 14.9 Å². The normalized spacial score (nSPS) is 20.4. The maximum Gasteiger partial charge on any atom is 0.232 e. The summed E-state index contributed by atoms with van der Waals surface area (Å²) in [6, 6.07) is 12.8. The zero-order valence-corrected chi connectivity index (χ0v) is 21.9. The third-order valence-electron chi connectivity index (χ3n) is 7.61. The van der Waals surface area contributed by atoms with E-state index in [1.165, 1.54) is 31.2 Å². The number of hydrogen-bond acceptors (Lipinski definition) is 7. The average Bonchev–Trinajstić information content (AvgIpc) is 3.23. The minimum absolute atomic E-state index is 0.00102. The summed E-state index contributed by atoms with van der Waals surface area (Å²) in [5.41, 5.74) is 1.33. The third kappa shape index (κ3) is 6.25. The Kier molecular flexibility index (Phi) is 8.51. The minimum Gasteiger partial charge on any atom is -0.381 e. The molecule has 2 N–H and O–H groups in total. The van der Waals surface area contributed by atoms with Crippen molar-refractivity contribution in [3.8, 4) is 0 Å². The summed E-state index contributed by atoms with van der Waals surface area (Å²) in [6.07, 6.45) is 6.90. The number of aromatic nitrogens is 2. The van der Waals surface area contributed by atoms with Gasteiger partial charge >= 0.3 is 0 Å². The number of thiocarbonyl (C=S) groups is 1. The highest BCUT2D eigenvalue weighted by Crippen LogP contribution is 2.34. The number of rotatable bonds is 6. The van der Waals surface area contributed by atoms with E-state index in [4.69, 9.17) is 31.7 Å². The molecular weight excluding hydrogens is 472 g/mol. The van der Waals surface area contributed by atoms with Crippen molar-refractivity contribution in [3.05, 3.63) is 42.0 Å². The predicted molar refractivity (Wildman–Crippen MR) is 148 cm³/mol. The summed E-state index contributed by atoms with van der Waals surface area (Å²) in [6.45, 7) is 7.44. The van der Waals surface area contributed by atoms with Gasteiger partial charge in [-0.15, -0.1) is 0 Å². The molecule has 9 heteroatoms. The summed E-state index contributed by atoms with van der Waals surface area (Å²) >= 11 is 5.74. The Balaban J connectivity index is 1.31. The number of morpholine rings is 1. The van der Waals surface area contributed by atoms with Crippen LogP contribution in [-0.4, -0.2) is 74.2 Å². The molecule has 0 bridgehead atoms. The molecule has 3 aliphatic rings. The van der Waals surface area contributed by atoms with Crippen molar-refractivity contribution >= 4 is 34.9 Å². The molecule has 194 valence electrons. The lowest BCUT2D eigenvalue weighted by Crippen LogP contribution is -2.45. The molecule has 3 aliphatic heterocycles. The van der Waals surface area contributed by atoms with Gasteiger partial charge in [0.2, 0.25) is 5.95 Å². The van der Waals surface area contributed by atoms with E-state index < -0.39 is 0 Å². The fraction of sp³-hybridized carbons (Fsp3) is 0.593. The van der Waals surface area contributed by atoms with Crippen LogP contribution in [0.5, 0.6) is 0 Å². The molecule has 0 saturated carbocycles. The van der Waals surface area contributed by atoms with Crippen LogP contribution in [0.25, 0.3) is 0 Å². The largest absolute Gasteiger partial charge is 0.381 e. The summed E-state index contributed by atoms with van der Waals surface area (Å²) in [7, 11) is 0. The number of nitrogens with zero attached hydrogens (tertiary/aromatic N) is 4. The SMILES string of the molecule is S=C(NCC1(c2ccccc2)CCOCC1)Nc1nc(N2CCCCCC2)cc(N2CCOCC2)n1. The molecule has 4 heterocycles. The van der Waals surface area contributed by atoms with E-state index in [9.17, 15) is 0 Å².